The quantitative estimate of drug-likeness (QED) is 0.637. The molecule has 27 heavy (non-hydrogen) atoms. The fourth-order valence-electron chi connectivity index (χ4n) is 3.30. The molecule has 2 aromatic carbocycles. The van der Waals surface area contributed by atoms with Crippen LogP contribution in [0.4, 0.5) is 0 Å². The predicted molar refractivity (Wildman–Crippen MR) is 111 cm³/mol. The monoisotopic (exact) mass is 375 g/mol. The Kier molecular flexibility index (Phi) is 5.03. The second-order valence-electron chi connectivity index (χ2n) is 6.58. The molecule has 1 aromatic heterocycles. The van der Waals surface area contributed by atoms with E-state index < -0.39 is 0 Å². The van der Waals surface area contributed by atoms with Gasteiger partial charge in [0.05, 0.1) is 17.8 Å². The van der Waals surface area contributed by atoms with Crippen LogP contribution in [0.5, 0.6) is 0 Å². The number of hydrogen-bond donors (Lipinski definition) is 2. The average Bonchev–Trinajstić information content (AvgIpc) is 3.28. The third kappa shape index (κ3) is 3.78. The number of thiazole rings is 1. The van der Waals surface area contributed by atoms with Crippen molar-refractivity contribution in [2.24, 2.45) is 0 Å². The molecule has 136 valence electrons. The molecular weight excluding hydrogens is 354 g/mol. The molecule has 0 radical (unpaired) electrons. The van der Waals surface area contributed by atoms with E-state index in [0.717, 1.165) is 30.6 Å². The van der Waals surface area contributed by atoms with Crippen molar-refractivity contribution in [3.63, 3.8) is 0 Å². The summed E-state index contributed by atoms with van der Waals surface area (Å²) in [7, 11) is 0. The molecule has 2 N–H and O–H groups in total. The molecule has 0 bridgehead atoms. The van der Waals surface area contributed by atoms with Crippen molar-refractivity contribution >= 4 is 22.7 Å². The van der Waals surface area contributed by atoms with Gasteiger partial charge < -0.3 is 10.0 Å². The molecule has 5 heteroatoms. The first kappa shape index (κ1) is 17.5. The number of rotatable bonds is 6. The van der Waals surface area contributed by atoms with Crippen LogP contribution < -0.4 is 0 Å². The largest absolute Gasteiger partial charge is 0.510 e. The highest BCUT2D eigenvalue weighted by Crippen LogP contribution is 2.32. The third-order valence-electron chi connectivity index (χ3n) is 4.71. The van der Waals surface area contributed by atoms with Gasteiger partial charge in [0.1, 0.15) is 16.6 Å². The topological polar surface area (TPSA) is 60.2 Å². The molecule has 1 aliphatic heterocycles. The lowest BCUT2D eigenvalue weighted by Gasteiger charge is -2.18. The predicted octanol–water partition coefficient (Wildman–Crippen LogP) is 5.00. The third-order valence-corrected chi connectivity index (χ3v) is 5.57. The summed E-state index contributed by atoms with van der Waals surface area (Å²) in [6, 6.07) is 20.3. The molecule has 4 nitrogen and oxygen atoms in total. The van der Waals surface area contributed by atoms with Gasteiger partial charge in [-0.1, -0.05) is 60.7 Å². The molecule has 0 aliphatic carbocycles. The van der Waals surface area contributed by atoms with Crippen molar-refractivity contribution < 1.29 is 5.11 Å². The number of nitrogens with zero attached hydrogens (tertiary/aromatic N) is 2. The summed E-state index contributed by atoms with van der Waals surface area (Å²) in [5, 5.41) is 21.6. The lowest BCUT2D eigenvalue weighted by atomic mass is 10.1. The summed E-state index contributed by atoms with van der Waals surface area (Å²) in [4.78, 5) is 6.59. The van der Waals surface area contributed by atoms with E-state index in [1.807, 2.05) is 58.8 Å². The number of hydrogen-bond acceptors (Lipinski definition) is 4. The van der Waals surface area contributed by atoms with E-state index in [1.165, 1.54) is 16.9 Å². The van der Waals surface area contributed by atoms with Gasteiger partial charge in [-0.25, -0.2) is 4.98 Å². The van der Waals surface area contributed by atoms with Crippen LogP contribution >= 0.6 is 11.3 Å². The Labute approximate surface area is 163 Å². The van der Waals surface area contributed by atoms with E-state index in [2.05, 4.69) is 17.1 Å². The molecule has 0 fully saturated rings. The van der Waals surface area contributed by atoms with Gasteiger partial charge in [-0.15, -0.1) is 11.3 Å². The number of aliphatic hydroxyl groups is 1. The highest BCUT2D eigenvalue weighted by Gasteiger charge is 2.29. The van der Waals surface area contributed by atoms with Crippen LogP contribution in [0.3, 0.4) is 0 Å². The highest BCUT2D eigenvalue weighted by molar-refractivity contribution is 7.11. The van der Waals surface area contributed by atoms with Gasteiger partial charge in [0.25, 0.3) is 0 Å². The van der Waals surface area contributed by atoms with E-state index in [4.69, 9.17) is 5.41 Å². The van der Waals surface area contributed by atoms with E-state index in [-0.39, 0.29) is 5.76 Å². The number of amidine groups is 1. The molecule has 1 aliphatic rings. The van der Waals surface area contributed by atoms with Gasteiger partial charge >= 0.3 is 0 Å². The van der Waals surface area contributed by atoms with Crippen LogP contribution in [0.15, 0.2) is 71.8 Å². The van der Waals surface area contributed by atoms with Crippen molar-refractivity contribution in [3.05, 3.63) is 82.4 Å². The summed E-state index contributed by atoms with van der Waals surface area (Å²) >= 11 is 1.48. The Bertz CT molecular complexity index is 963. The first-order chi connectivity index (χ1) is 13.2. The zero-order valence-electron chi connectivity index (χ0n) is 14.9. The molecule has 0 saturated carbocycles. The molecular formula is C22H21N3OS. The summed E-state index contributed by atoms with van der Waals surface area (Å²) in [5.74, 6) is 0.614. The Morgan fingerprint density at radius 1 is 1.04 bits per heavy atom. The Balaban J connectivity index is 1.43. The normalized spacial score (nSPS) is 14.2. The molecule has 3 aromatic rings. The van der Waals surface area contributed by atoms with Crippen LogP contribution in [-0.4, -0.2) is 33.9 Å². The van der Waals surface area contributed by atoms with Gasteiger partial charge in [-0.05, 0) is 18.4 Å². The van der Waals surface area contributed by atoms with Crippen LogP contribution in [0.2, 0.25) is 0 Å². The second-order valence-corrected chi connectivity index (χ2v) is 7.44. The van der Waals surface area contributed by atoms with Crippen molar-refractivity contribution in [2.75, 3.05) is 13.1 Å². The number of aliphatic hydroxyl groups excluding tert-OH is 1. The van der Waals surface area contributed by atoms with Crippen LogP contribution in [0, 0.1) is 5.41 Å². The molecule has 4 rings (SSSR count). The lowest BCUT2D eigenvalue weighted by molar-refractivity contribution is 0.347. The average molecular weight is 375 g/mol. The summed E-state index contributed by atoms with van der Waals surface area (Å²) in [6.45, 7) is 1.14. The Hall–Kier alpha value is -2.92. The summed E-state index contributed by atoms with van der Waals surface area (Å²) in [6.07, 6.45) is 1.91. The van der Waals surface area contributed by atoms with E-state index >= 15 is 0 Å². The minimum absolute atomic E-state index is 0.244. The first-order valence-electron chi connectivity index (χ1n) is 9.03. The van der Waals surface area contributed by atoms with Crippen molar-refractivity contribution in [2.45, 2.75) is 12.8 Å². The maximum Gasteiger partial charge on any atom is 0.135 e. The van der Waals surface area contributed by atoms with Crippen molar-refractivity contribution in [3.8, 4) is 11.3 Å². The highest BCUT2D eigenvalue weighted by atomic mass is 32.1. The summed E-state index contributed by atoms with van der Waals surface area (Å²) < 4.78 is 0. The van der Waals surface area contributed by atoms with Gasteiger partial charge in [0.15, 0.2) is 0 Å². The van der Waals surface area contributed by atoms with E-state index in [1.54, 1.807) is 0 Å². The molecule has 0 spiro atoms. The molecule has 0 amide bonds. The van der Waals surface area contributed by atoms with E-state index in [0.29, 0.717) is 23.0 Å². The number of nitrogens with one attached hydrogen (secondary N) is 1. The fourth-order valence-corrected chi connectivity index (χ4v) is 4.19. The van der Waals surface area contributed by atoms with E-state index in [9.17, 15) is 5.11 Å². The van der Waals surface area contributed by atoms with Crippen LogP contribution in [0.25, 0.3) is 16.8 Å². The summed E-state index contributed by atoms with van der Waals surface area (Å²) in [5.41, 5.74) is 3.80. The number of aromatic nitrogens is 1. The maximum absolute atomic E-state index is 10.4. The van der Waals surface area contributed by atoms with Crippen molar-refractivity contribution in [1.82, 2.24) is 9.88 Å². The number of aryl methyl sites for hydroxylation is 1. The molecule has 0 atom stereocenters. The van der Waals surface area contributed by atoms with Crippen LogP contribution in [0.1, 0.15) is 17.0 Å². The fraction of sp³-hybridized carbons (Fsp3) is 0.182. The molecule has 0 unspecified atom stereocenters. The lowest BCUT2D eigenvalue weighted by Crippen LogP contribution is -2.28. The Morgan fingerprint density at radius 3 is 2.48 bits per heavy atom. The smallest absolute Gasteiger partial charge is 0.135 e. The zero-order valence-corrected chi connectivity index (χ0v) is 15.7. The SMILES string of the molecule is N=C1C(c2nc(-c3ccccc3)cs2)=C(O)CN1CCCc1ccccc1. The second kappa shape index (κ2) is 7.76. The minimum Gasteiger partial charge on any atom is -0.510 e. The first-order valence-corrected chi connectivity index (χ1v) is 9.91. The standard InChI is InChI=1S/C22H21N3OS/c23-21-20(22-24-18(15-27-22)17-11-5-2-6-12-17)19(26)14-25(21)13-7-10-16-8-3-1-4-9-16/h1-6,8-9,11-12,15,23,26H,7,10,13-14H2. The van der Waals surface area contributed by atoms with Crippen molar-refractivity contribution in [1.29, 1.82) is 5.41 Å². The van der Waals surface area contributed by atoms with Gasteiger partial charge in [-0.3, -0.25) is 5.41 Å². The zero-order chi connectivity index (χ0) is 18.6. The van der Waals surface area contributed by atoms with Gasteiger partial charge in [0.2, 0.25) is 0 Å². The number of benzene rings is 2. The van der Waals surface area contributed by atoms with Crippen LogP contribution in [-0.2, 0) is 6.42 Å². The maximum atomic E-state index is 10.4. The van der Waals surface area contributed by atoms with Gasteiger partial charge in [0, 0.05) is 17.5 Å². The Morgan fingerprint density at radius 2 is 1.74 bits per heavy atom. The minimum atomic E-state index is 0.244. The van der Waals surface area contributed by atoms with Gasteiger partial charge in [-0.2, -0.15) is 0 Å². The molecule has 0 saturated heterocycles. The molecule has 2 heterocycles.